The maximum Gasteiger partial charge on any atom is 0.300 e. The molecule has 1 aliphatic rings. The lowest BCUT2D eigenvalue weighted by molar-refractivity contribution is -0.132. The van der Waals surface area contributed by atoms with Gasteiger partial charge in [0.1, 0.15) is 11.6 Å². The first-order chi connectivity index (χ1) is 15.2. The van der Waals surface area contributed by atoms with Crippen LogP contribution in [0.2, 0.25) is 10.0 Å². The molecule has 0 aromatic heterocycles. The van der Waals surface area contributed by atoms with Crippen LogP contribution >= 0.6 is 23.2 Å². The minimum atomic E-state index is -1.20. The molecule has 0 aliphatic carbocycles. The van der Waals surface area contributed by atoms with E-state index in [2.05, 4.69) is 0 Å². The van der Waals surface area contributed by atoms with E-state index in [1.807, 2.05) is 13.8 Å². The molecule has 1 heterocycles. The number of Topliss-reactive ketones (excluding diaryl/α,β-unsaturated/α-hetero) is 1. The molecule has 162 valence electrons. The van der Waals surface area contributed by atoms with Crippen LogP contribution in [0, 0.1) is 19.7 Å². The lowest BCUT2D eigenvalue weighted by Crippen LogP contribution is -2.29. The minimum absolute atomic E-state index is 0.0631. The molecule has 1 unspecified atom stereocenters. The van der Waals surface area contributed by atoms with Gasteiger partial charge in [-0.3, -0.25) is 14.5 Å². The standard InChI is InChI=1S/C25H18Cl2FNO3/c1-13-7-8-15(9-14(13)2)23(30)21-22(19-5-3-4-6-20(19)28)29(25(32)24(21)31)18-11-16(26)10-17(27)12-18/h3-12,22,30H,1-2H3/b23-21+. The van der Waals surface area contributed by atoms with Gasteiger partial charge in [0, 0.05) is 26.9 Å². The zero-order valence-electron chi connectivity index (χ0n) is 17.2. The van der Waals surface area contributed by atoms with Gasteiger partial charge in [-0.2, -0.15) is 0 Å². The number of carbonyl (C=O) groups is 2. The van der Waals surface area contributed by atoms with Gasteiger partial charge in [0.2, 0.25) is 0 Å². The van der Waals surface area contributed by atoms with Gasteiger partial charge in [-0.25, -0.2) is 4.39 Å². The molecule has 0 radical (unpaired) electrons. The quantitative estimate of drug-likeness (QED) is 0.275. The van der Waals surface area contributed by atoms with Crippen LogP contribution in [0.3, 0.4) is 0 Å². The minimum Gasteiger partial charge on any atom is -0.507 e. The Morgan fingerprint density at radius 2 is 1.59 bits per heavy atom. The molecule has 1 amide bonds. The fourth-order valence-corrected chi connectivity index (χ4v) is 4.33. The van der Waals surface area contributed by atoms with Gasteiger partial charge >= 0.3 is 0 Å². The largest absolute Gasteiger partial charge is 0.507 e. The summed E-state index contributed by atoms with van der Waals surface area (Å²) in [5.74, 6) is -2.84. The Kier molecular flexibility index (Phi) is 5.80. The molecule has 3 aromatic rings. The molecule has 1 fully saturated rings. The number of carbonyl (C=O) groups excluding carboxylic acids is 2. The zero-order chi connectivity index (χ0) is 23.2. The highest BCUT2D eigenvalue weighted by Gasteiger charge is 2.48. The first kappa shape index (κ1) is 22.1. The van der Waals surface area contributed by atoms with Crippen LogP contribution in [-0.2, 0) is 9.59 Å². The van der Waals surface area contributed by atoms with Crippen molar-refractivity contribution in [2.45, 2.75) is 19.9 Å². The molecular weight excluding hydrogens is 452 g/mol. The van der Waals surface area contributed by atoms with Crippen molar-refractivity contribution in [3.63, 3.8) is 0 Å². The number of aliphatic hydroxyl groups is 1. The molecule has 1 N–H and O–H groups in total. The van der Waals surface area contributed by atoms with Gasteiger partial charge in [0.15, 0.2) is 0 Å². The highest BCUT2D eigenvalue weighted by atomic mass is 35.5. The van der Waals surface area contributed by atoms with Crippen LogP contribution in [0.1, 0.15) is 28.3 Å². The smallest absolute Gasteiger partial charge is 0.300 e. The molecule has 3 aromatic carbocycles. The number of ketones is 1. The summed E-state index contributed by atoms with van der Waals surface area (Å²) in [4.78, 5) is 27.4. The third-order valence-corrected chi connectivity index (χ3v) is 5.99. The summed E-state index contributed by atoms with van der Waals surface area (Å²) in [6, 6.07) is 14.2. The predicted octanol–water partition coefficient (Wildman–Crippen LogP) is 6.38. The molecule has 0 bridgehead atoms. The van der Waals surface area contributed by atoms with Gasteiger partial charge in [0.25, 0.3) is 11.7 Å². The van der Waals surface area contributed by atoms with Crippen LogP contribution < -0.4 is 4.90 Å². The third kappa shape index (κ3) is 3.78. The van der Waals surface area contributed by atoms with E-state index in [1.54, 1.807) is 24.3 Å². The molecule has 4 nitrogen and oxygen atoms in total. The number of benzene rings is 3. The maximum absolute atomic E-state index is 14.9. The highest BCUT2D eigenvalue weighted by molar-refractivity contribution is 6.52. The maximum atomic E-state index is 14.9. The SMILES string of the molecule is Cc1ccc(/C(O)=C2\C(=O)C(=O)N(c3cc(Cl)cc(Cl)c3)C2c2ccccc2F)cc1C. The van der Waals surface area contributed by atoms with Crippen LogP contribution in [0.5, 0.6) is 0 Å². The number of nitrogens with zero attached hydrogens (tertiary/aromatic N) is 1. The number of rotatable bonds is 3. The molecule has 32 heavy (non-hydrogen) atoms. The third-order valence-electron chi connectivity index (χ3n) is 5.55. The molecule has 1 saturated heterocycles. The highest BCUT2D eigenvalue weighted by Crippen LogP contribution is 2.44. The van der Waals surface area contributed by atoms with E-state index in [1.165, 1.54) is 36.4 Å². The van der Waals surface area contributed by atoms with Crippen molar-refractivity contribution in [2.75, 3.05) is 4.90 Å². The summed E-state index contributed by atoms with van der Waals surface area (Å²) in [5.41, 5.74) is 2.33. The van der Waals surface area contributed by atoms with E-state index in [4.69, 9.17) is 23.2 Å². The first-order valence-electron chi connectivity index (χ1n) is 9.78. The number of aryl methyl sites for hydroxylation is 2. The second-order valence-electron chi connectivity index (χ2n) is 7.62. The Hall–Kier alpha value is -3.15. The van der Waals surface area contributed by atoms with Crippen molar-refractivity contribution in [3.05, 3.63) is 104 Å². The molecule has 4 rings (SSSR count). The van der Waals surface area contributed by atoms with Crippen molar-refractivity contribution in [2.24, 2.45) is 0 Å². The Balaban J connectivity index is 2.00. The summed E-state index contributed by atoms with van der Waals surface area (Å²) in [5, 5.41) is 11.6. The Morgan fingerprint density at radius 3 is 2.22 bits per heavy atom. The Labute approximate surface area is 194 Å². The lowest BCUT2D eigenvalue weighted by atomic mass is 9.94. The number of anilines is 1. The zero-order valence-corrected chi connectivity index (χ0v) is 18.7. The van der Waals surface area contributed by atoms with E-state index in [0.29, 0.717) is 5.56 Å². The molecule has 0 spiro atoms. The summed E-state index contributed by atoms with van der Waals surface area (Å²) < 4.78 is 14.9. The van der Waals surface area contributed by atoms with Crippen molar-refractivity contribution in [1.82, 2.24) is 0 Å². The van der Waals surface area contributed by atoms with Crippen LogP contribution in [-0.4, -0.2) is 16.8 Å². The van der Waals surface area contributed by atoms with Crippen molar-refractivity contribution in [3.8, 4) is 0 Å². The van der Waals surface area contributed by atoms with Crippen molar-refractivity contribution in [1.29, 1.82) is 0 Å². The normalized spacial score (nSPS) is 17.8. The summed E-state index contributed by atoms with van der Waals surface area (Å²) in [6.45, 7) is 3.79. The van der Waals surface area contributed by atoms with E-state index >= 15 is 0 Å². The Bertz CT molecular complexity index is 1280. The molecule has 0 saturated carbocycles. The number of aliphatic hydroxyl groups excluding tert-OH is 1. The molecule has 1 aliphatic heterocycles. The van der Waals surface area contributed by atoms with E-state index in [0.717, 1.165) is 16.0 Å². The summed E-state index contributed by atoms with van der Waals surface area (Å²) >= 11 is 12.2. The monoisotopic (exact) mass is 469 g/mol. The first-order valence-corrected chi connectivity index (χ1v) is 10.5. The molecule has 7 heteroatoms. The van der Waals surface area contributed by atoms with E-state index in [-0.39, 0.29) is 32.6 Å². The topological polar surface area (TPSA) is 57.6 Å². The van der Waals surface area contributed by atoms with E-state index < -0.39 is 23.5 Å². The summed E-state index contributed by atoms with van der Waals surface area (Å²) in [6.07, 6.45) is 0. The lowest BCUT2D eigenvalue weighted by Gasteiger charge is -2.26. The fourth-order valence-electron chi connectivity index (χ4n) is 3.81. The van der Waals surface area contributed by atoms with Crippen LogP contribution in [0.15, 0.2) is 66.2 Å². The second-order valence-corrected chi connectivity index (χ2v) is 8.49. The van der Waals surface area contributed by atoms with Gasteiger partial charge in [-0.1, -0.05) is 53.5 Å². The number of hydrogen-bond donors (Lipinski definition) is 1. The number of amides is 1. The summed E-state index contributed by atoms with van der Waals surface area (Å²) in [7, 11) is 0. The van der Waals surface area contributed by atoms with Crippen LogP contribution in [0.4, 0.5) is 10.1 Å². The Morgan fingerprint density at radius 1 is 0.938 bits per heavy atom. The average Bonchev–Trinajstić information content (AvgIpc) is 3.00. The van der Waals surface area contributed by atoms with Gasteiger partial charge in [0.05, 0.1) is 11.6 Å². The van der Waals surface area contributed by atoms with Gasteiger partial charge < -0.3 is 5.11 Å². The van der Waals surface area contributed by atoms with E-state index in [9.17, 15) is 19.1 Å². The average molecular weight is 470 g/mol. The van der Waals surface area contributed by atoms with Gasteiger partial charge in [-0.05, 0) is 55.3 Å². The number of hydrogen-bond acceptors (Lipinski definition) is 3. The van der Waals surface area contributed by atoms with Crippen LogP contribution in [0.25, 0.3) is 5.76 Å². The van der Waals surface area contributed by atoms with Crippen molar-refractivity contribution >= 4 is 46.3 Å². The van der Waals surface area contributed by atoms with Crippen molar-refractivity contribution < 1.29 is 19.1 Å². The number of halogens is 3. The second kappa shape index (κ2) is 8.41. The molecular formula is C25H18Cl2FNO3. The predicted molar refractivity (Wildman–Crippen MR) is 124 cm³/mol. The molecule has 1 atom stereocenters. The fraction of sp³-hybridized carbons (Fsp3) is 0.120. The van der Waals surface area contributed by atoms with Gasteiger partial charge in [-0.15, -0.1) is 0 Å².